The maximum atomic E-state index is 11.9. The summed E-state index contributed by atoms with van der Waals surface area (Å²) in [5.41, 5.74) is 0.646. The van der Waals surface area contributed by atoms with Gasteiger partial charge < -0.3 is 10.1 Å². The number of carbonyl (C=O) groups is 1. The predicted octanol–water partition coefficient (Wildman–Crippen LogP) is 2.49. The molecule has 0 aromatic heterocycles. The van der Waals surface area contributed by atoms with Gasteiger partial charge in [-0.3, -0.25) is 4.79 Å². The lowest BCUT2D eigenvalue weighted by Gasteiger charge is -2.09. The average Bonchev–Trinajstić information content (AvgIpc) is 2.79. The van der Waals surface area contributed by atoms with Crippen LogP contribution in [0.15, 0.2) is 24.3 Å². The molecule has 1 aliphatic rings. The molecular weight excluding hydrogens is 252 g/mol. The first-order valence-electron chi connectivity index (χ1n) is 6.72. The highest BCUT2D eigenvalue weighted by Crippen LogP contribution is 2.62. The SMILES string of the molecule is CC1(C)C(NC(=O)COc2ccccc2C#N)C1(C)C. The number of nitrogens with zero attached hydrogens (tertiary/aromatic N) is 1. The van der Waals surface area contributed by atoms with Gasteiger partial charge in [-0.25, -0.2) is 0 Å². The van der Waals surface area contributed by atoms with Crippen molar-refractivity contribution < 1.29 is 9.53 Å². The number of para-hydroxylation sites is 1. The van der Waals surface area contributed by atoms with E-state index in [1.807, 2.05) is 6.07 Å². The Bertz CT molecular complexity index is 556. The van der Waals surface area contributed by atoms with Crippen LogP contribution in [0.4, 0.5) is 0 Å². The van der Waals surface area contributed by atoms with Crippen molar-refractivity contribution in [1.82, 2.24) is 5.32 Å². The quantitative estimate of drug-likeness (QED) is 0.916. The number of benzene rings is 1. The van der Waals surface area contributed by atoms with Crippen LogP contribution in [-0.2, 0) is 4.79 Å². The monoisotopic (exact) mass is 272 g/mol. The second-order valence-electron chi connectivity index (χ2n) is 6.34. The second kappa shape index (κ2) is 4.82. The summed E-state index contributed by atoms with van der Waals surface area (Å²) in [5, 5.41) is 11.9. The van der Waals surface area contributed by atoms with Crippen molar-refractivity contribution in [3.8, 4) is 11.8 Å². The van der Waals surface area contributed by atoms with Gasteiger partial charge in [0.05, 0.1) is 5.56 Å². The minimum atomic E-state index is -0.151. The highest BCUT2D eigenvalue weighted by molar-refractivity contribution is 5.78. The first kappa shape index (κ1) is 14.4. The molecule has 0 heterocycles. The van der Waals surface area contributed by atoms with Crippen LogP contribution < -0.4 is 10.1 Å². The van der Waals surface area contributed by atoms with E-state index in [0.29, 0.717) is 11.3 Å². The van der Waals surface area contributed by atoms with E-state index < -0.39 is 0 Å². The Hall–Kier alpha value is -2.02. The molecule has 0 atom stereocenters. The highest BCUT2D eigenvalue weighted by Gasteiger charge is 2.65. The van der Waals surface area contributed by atoms with Gasteiger partial charge in [0.1, 0.15) is 11.8 Å². The van der Waals surface area contributed by atoms with Crippen molar-refractivity contribution in [3.63, 3.8) is 0 Å². The minimum Gasteiger partial charge on any atom is -0.482 e. The molecule has 0 radical (unpaired) electrons. The van der Waals surface area contributed by atoms with E-state index in [4.69, 9.17) is 10.00 Å². The zero-order valence-electron chi connectivity index (χ0n) is 12.4. The van der Waals surface area contributed by atoms with E-state index in [1.165, 1.54) is 0 Å². The molecule has 1 N–H and O–H groups in total. The van der Waals surface area contributed by atoms with Crippen LogP contribution in [0, 0.1) is 22.2 Å². The molecule has 0 unspecified atom stereocenters. The predicted molar refractivity (Wildman–Crippen MR) is 76.1 cm³/mol. The zero-order valence-corrected chi connectivity index (χ0v) is 12.4. The van der Waals surface area contributed by atoms with Gasteiger partial charge >= 0.3 is 0 Å². The molecule has 0 saturated heterocycles. The van der Waals surface area contributed by atoms with Crippen LogP contribution in [0.1, 0.15) is 33.3 Å². The molecule has 0 bridgehead atoms. The normalized spacial score (nSPS) is 18.9. The number of ether oxygens (including phenoxy) is 1. The standard InChI is InChI=1S/C16H20N2O2/c1-15(2)14(16(15,3)4)18-13(19)10-20-12-8-6-5-7-11(12)9-17/h5-8,14H,10H2,1-4H3,(H,18,19). The molecule has 1 amide bonds. The Morgan fingerprint density at radius 1 is 1.30 bits per heavy atom. The molecule has 1 aliphatic carbocycles. The third-order valence-electron chi connectivity index (χ3n) is 4.69. The lowest BCUT2D eigenvalue weighted by molar-refractivity contribution is -0.123. The third kappa shape index (κ3) is 2.36. The van der Waals surface area contributed by atoms with Crippen molar-refractivity contribution in [3.05, 3.63) is 29.8 Å². The summed E-state index contributed by atoms with van der Waals surface area (Å²) in [6.07, 6.45) is 0. The average molecular weight is 272 g/mol. The molecule has 1 fully saturated rings. The summed E-state index contributed by atoms with van der Waals surface area (Å²) in [6, 6.07) is 9.11. The van der Waals surface area contributed by atoms with Gasteiger partial charge in [-0.05, 0) is 23.0 Å². The number of nitrogens with one attached hydrogen (secondary N) is 1. The molecule has 2 rings (SSSR count). The Kier molecular flexibility index (Phi) is 3.47. The number of rotatable bonds is 4. The summed E-state index contributed by atoms with van der Waals surface area (Å²) < 4.78 is 5.42. The molecular formula is C16H20N2O2. The van der Waals surface area contributed by atoms with Gasteiger partial charge in [-0.2, -0.15) is 5.26 Å². The van der Waals surface area contributed by atoms with Gasteiger partial charge in [0.15, 0.2) is 6.61 Å². The fourth-order valence-corrected chi connectivity index (χ4v) is 2.59. The Morgan fingerprint density at radius 2 is 1.90 bits per heavy atom. The summed E-state index contributed by atoms with van der Waals surface area (Å²) in [4.78, 5) is 11.9. The van der Waals surface area contributed by atoms with E-state index in [0.717, 1.165) is 0 Å². The lowest BCUT2D eigenvalue weighted by atomic mass is 10.0. The molecule has 1 saturated carbocycles. The number of carbonyl (C=O) groups excluding carboxylic acids is 1. The molecule has 0 aliphatic heterocycles. The topological polar surface area (TPSA) is 62.1 Å². The van der Waals surface area contributed by atoms with Crippen LogP contribution in [0.25, 0.3) is 0 Å². The molecule has 20 heavy (non-hydrogen) atoms. The van der Waals surface area contributed by atoms with Crippen molar-refractivity contribution >= 4 is 5.91 Å². The Balaban J connectivity index is 1.90. The van der Waals surface area contributed by atoms with Crippen molar-refractivity contribution in [2.45, 2.75) is 33.7 Å². The van der Waals surface area contributed by atoms with Gasteiger partial charge in [-0.15, -0.1) is 0 Å². The van der Waals surface area contributed by atoms with Crippen molar-refractivity contribution in [2.24, 2.45) is 10.8 Å². The van der Waals surface area contributed by atoms with Crippen LogP contribution in [-0.4, -0.2) is 18.6 Å². The molecule has 1 aromatic rings. The minimum absolute atomic E-state index is 0.0681. The van der Waals surface area contributed by atoms with Crippen LogP contribution >= 0.6 is 0 Å². The van der Waals surface area contributed by atoms with Crippen molar-refractivity contribution in [2.75, 3.05) is 6.61 Å². The molecule has 106 valence electrons. The van der Waals surface area contributed by atoms with E-state index in [2.05, 4.69) is 33.0 Å². The number of nitriles is 1. The summed E-state index contributed by atoms with van der Waals surface area (Å²) in [6.45, 7) is 8.50. The molecule has 4 nitrogen and oxygen atoms in total. The smallest absolute Gasteiger partial charge is 0.258 e. The maximum absolute atomic E-state index is 11.9. The van der Waals surface area contributed by atoms with Crippen LogP contribution in [0.5, 0.6) is 5.75 Å². The van der Waals surface area contributed by atoms with Gasteiger partial charge in [0.2, 0.25) is 0 Å². The van der Waals surface area contributed by atoms with Gasteiger partial charge in [0.25, 0.3) is 5.91 Å². The van der Waals surface area contributed by atoms with Gasteiger partial charge in [0, 0.05) is 6.04 Å². The fraction of sp³-hybridized carbons (Fsp3) is 0.500. The number of hydrogen-bond acceptors (Lipinski definition) is 3. The molecule has 0 spiro atoms. The molecule has 4 heteroatoms. The maximum Gasteiger partial charge on any atom is 0.258 e. The Morgan fingerprint density at radius 3 is 2.45 bits per heavy atom. The van der Waals surface area contributed by atoms with E-state index in [9.17, 15) is 4.79 Å². The van der Waals surface area contributed by atoms with Crippen molar-refractivity contribution in [1.29, 1.82) is 5.26 Å². The van der Waals surface area contributed by atoms with E-state index in [-0.39, 0.29) is 29.4 Å². The zero-order chi connectivity index (χ0) is 15.0. The first-order chi connectivity index (χ1) is 9.30. The van der Waals surface area contributed by atoms with E-state index >= 15 is 0 Å². The fourth-order valence-electron chi connectivity index (χ4n) is 2.59. The highest BCUT2D eigenvalue weighted by atomic mass is 16.5. The van der Waals surface area contributed by atoms with Gasteiger partial charge in [-0.1, -0.05) is 39.8 Å². The summed E-state index contributed by atoms with van der Waals surface area (Å²) >= 11 is 0. The summed E-state index contributed by atoms with van der Waals surface area (Å²) in [5.74, 6) is 0.292. The molecule has 1 aromatic carbocycles. The summed E-state index contributed by atoms with van der Waals surface area (Å²) in [7, 11) is 0. The number of hydrogen-bond donors (Lipinski definition) is 1. The first-order valence-corrected chi connectivity index (χ1v) is 6.72. The Labute approximate surface area is 119 Å². The van der Waals surface area contributed by atoms with Crippen LogP contribution in [0.3, 0.4) is 0 Å². The largest absolute Gasteiger partial charge is 0.482 e. The number of amides is 1. The second-order valence-corrected chi connectivity index (χ2v) is 6.34. The third-order valence-corrected chi connectivity index (χ3v) is 4.69. The van der Waals surface area contributed by atoms with Crippen LogP contribution in [0.2, 0.25) is 0 Å². The lowest BCUT2D eigenvalue weighted by Crippen LogP contribution is -2.33. The van der Waals surface area contributed by atoms with E-state index in [1.54, 1.807) is 24.3 Å².